The second-order valence-corrected chi connectivity index (χ2v) is 3.76. The van der Waals surface area contributed by atoms with Crippen LogP contribution in [0.25, 0.3) is 0 Å². The van der Waals surface area contributed by atoms with Gasteiger partial charge in [0.1, 0.15) is 0 Å². The molecule has 0 bridgehead atoms. The Balaban J connectivity index is 2.24. The second-order valence-electron chi connectivity index (χ2n) is 2.77. The van der Waals surface area contributed by atoms with E-state index >= 15 is 0 Å². The molecule has 0 atom stereocenters. The smallest absolute Gasteiger partial charge is 0.0863 e. The Morgan fingerprint density at radius 3 is 2.92 bits per heavy atom. The van der Waals surface area contributed by atoms with Crippen molar-refractivity contribution in [2.24, 2.45) is 0 Å². The zero-order valence-corrected chi connectivity index (χ0v) is 9.35. The molecule has 1 aromatic rings. The topological polar surface area (TPSA) is 39.9 Å². The monoisotopic (exact) mass is 281 g/mol. The van der Waals surface area contributed by atoms with Crippen molar-refractivity contribution in [2.75, 3.05) is 6.61 Å². The minimum absolute atomic E-state index is 0.291. The normalized spacial score (nSPS) is 11.0. The minimum Gasteiger partial charge on any atom is -0.378 e. The van der Waals surface area contributed by atoms with Gasteiger partial charge in [0, 0.05) is 6.42 Å². The molecule has 0 fully saturated rings. The summed E-state index contributed by atoms with van der Waals surface area (Å²) in [6, 6.07) is 0. The van der Waals surface area contributed by atoms with Crippen LogP contribution in [0.4, 0.5) is 0 Å². The highest BCUT2D eigenvalue weighted by Gasteiger charge is 1.99. The predicted octanol–water partition coefficient (Wildman–Crippen LogP) is 1.44. The third-order valence-corrected chi connectivity index (χ3v) is 1.80. The molecule has 1 aromatic heterocycles. The average Bonchev–Trinajstić information content (AvgIpc) is 2.35. The molecule has 0 amide bonds. The van der Waals surface area contributed by atoms with E-state index in [1.54, 1.807) is 2.90 Å². The minimum atomic E-state index is 0.291. The SMILES string of the molecule is CC(C)OCCc1cn(I)nn1. The molecule has 0 aromatic carbocycles. The van der Waals surface area contributed by atoms with Crippen molar-refractivity contribution in [3.05, 3.63) is 11.9 Å². The third kappa shape index (κ3) is 3.48. The fourth-order valence-electron chi connectivity index (χ4n) is 0.789. The van der Waals surface area contributed by atoms with E-state index < -0.39 is 0 Å². The summed E-state index contributed by atoms with van der Waals surface area (Å²) in [6.45, 7) is 4.76. The molecule has 0 N–H and O–H groups in total. The van der Waals surface area contributed by atoms with E-state index in [4.69, 9.17) is 4.74 Å². The van der Waals surface area contributed by atoms with Gasteiger partial charge in [-0.2, -0.15) is 2.90 Å². The standard InChI is InChI=1S/C7H12IN3O/c1-6(2)12-4-3-7-5-11(8)10-9-7/h5-6H,3-4H2,1-2H3. The first kappa shape index (κ1) is 9.91. The van der Waals surface area contributed by atoms with Crippen molar-refractivity contribution in [3.63, 3.8) is 0 Å². The lowest BCUT2D eigenvalue weighted by molar-refractivity contribution is 0.0809. The Morgan fingerprint density at radius 2 is 2.42 bits per heavy atom. The number of nitrogens with zero attached hydrogens (tertiary/aromatic N) is 3. The number of hydrogen-bond donors (Lipinski definition) is 0. The average molecular weight is 281 g/mol. The highest BCUT2D eigenvalue weighted by Crippen LogP contribution is 1.98. The summed E-state index contributed by atoms with van der Waals surface area (Å²) in [4.78, 5) is 0. The van der Waals surface area contributed by atoms with E-state index in [9.17, 15) is 0 Å². The lowest BCUT2D eigenvalue weighted by Crippen LogP contribution is -2.06. The first-order valence-electron chi connectivity index (χ1n) is 3.87. The first-order chi connectivity index (χ1) is 5.68. The van der Waals surface area contributed by atoms with Crippen LogP contribution in [0.5, 0.6) is 0 Å². The van der Waals surface area contributed by atoms with Gasteiger partial charge >= 0.3 is 0 Å². The van der Waals surface area contributed by atoms with Crippen LogP contribution >= 0.6 is 22.9 Å². The lowest BCUT2D eigenvalue weighted by Gasteiger charge is -2.04. The van der Waals surface area contributed by atoms with Crippen molar-refractivity contribution < 1.29 is 4.74 Å². The summed E-state index contributed by atoms with van der Waals surface area (Å²) in [7, 11) is 0. The molecule has 12 heavy (non-hydrogen) atoms. The maximum atomic E-state index is 5.38. The molecule has 0 aliphatic heterocycles. The van der Waals surface area contributed by atoms with Gasteiger partial charge < -0.3 is 4.74 Å². The Bertz CT molecular complexity index is 236. The van der Waals surface area contributed by atoms with Gasteiger partial charge in [0.25, 0.3) is 0 Å². The molecular weight excluding hydrogens is 269 g/mol. The molecule has 0 radical (unpaired) electrons. The van der Waals surface area contributed by atoms with E-state index in [1.807, 2.05) is 20.0 Å². The Labute approximate surface area is 85.8 Å². The molecule has 4 nitrogen and oxygen atoms in total. The Morgan fingerprint density at radius 1 is 1.67 bits per heavy atom. The molecule has 0 unspecified atom stereocenters. The molecule has 1 heterocycles. The van der Waals surface area contributed by atoms with Crippen molar-refractivity contribution in [1.82, 2.24) is 13.2 Å². The molecule has 5 heteroatoms. The van der Waals surface area contributed by atoms with Gasteiger partial charge in [0.15, 0.2) is 0 Å². The largest absolute Gasteiger partial charge is 0.378 e. The number of hydrogen-bond acceptors (Lipinski definition) is 3. The molecular formula is C7H12IN3O. The highest BCUT2D eigenvalue weighted by molar-refractivity contribution is 14.1. The fourth-order valence-corrected chi connectivity index (χ4v) is 1.21. The van der Waals surface area contributed by atoms with E-state index in [0.717, 1.165) is 12.1 Å². The fraction of sp³-hybridized carbons (Fsp3) is 0.714. The number of ether oxygens (including phenoxy) is 1. The van der Waals surface area contributed by atoms with E-state index in [0.29, 0.717) is 12.7 Å². The quantitative estimate of drug-likeness (QED) is 0.784. The Hall–Kier alpha value is -0.170. The van der Waals surface area contributed by atoms with Crippen LogP contribution < -0.4 is 0 Å². The zero-order valence-electron chi connectivity index (χ0n) is 7.20. The van der Waals surface area contributed by atoms with Gasteiger partial charge in [-0.05, 0) is 13.8 Å². The summed E-state index contributed by atoms with van der Waals surface area (Å²) in [5, 5.41) is 7.75. The summed E-state index contributed by atoms with van der Waals surface area (Å²) >= 11 is 2.07. The highest BCUT2D eigenvalue weighted by atomic mass is 127. The number of aromatic nitrogens is 3. The molecule has 0 aliphatic carbocycles. The number of halogens is 1. The van der Waals surface area contributed by atoms with Crippen LogP contribution in [0, 0.1) is 0 Å². The lowest BCUT2D eigenvalue weighted by atomic mass is 10.3. The van der Waals surface area contributed by atoms with E-state index in [2.05, 4.69) is 33.2 Å². The maximum Gasteiger partial charge on any atom is 0.0863 e. The van der Waals surface area contributed by atoms with E-state index in [1.165, 1.54) is 0 Å². The van der Waals surface area contributed by atoms with Crippen LogP contribution in [0.15, 0.2) is 6.20 Å². The zero-order chi connectivity index (χ0) is 8.97. The van der Waals surface area contributed by atoms with E-state index in [-0.39, 0.29) is 0 Å². The van der Waals surface area contributed by atoms with Crippen molar-refractivity contribution in [3.8, 4) is 0 Å². The summed E-state index contributed by atoms with van der Waals surface area (Å²) in [5.41, 5.74) is 0.977. The second kappa shape index (κ2) is 4.76. The predicted molar refractivity (Wildman–Crippen MR) is 54.2 cm³/mol. The van der Waals surface area contributed by atoms with Gasteiger partial charge in [-0.25, -0.2) is 0 Å². The van der Waals surface area contributed by atoms with Crippen LogP contribution in [0.2, 0.25) is 0 Å². The summed E-state index contributed by atoms with van der Waals surface area (Å²) < 4.78 is 7.04. The van der Waals surface area contributed by atoms with Gasteiger partial charge in [-0.15, -0.1) is 5.10 Å². The summed E-state index contributed by atoms with van der Waals surface area (Å²) in [6.07, 6.45) is 3.02. The first-order valence-corrected chi connectivity index (χ1v) is 4.84. The molecule has 0 spiro atoms. The summed E-state index contributed by atoms with van der Waals surface area (Å²) in [5.74, 6) is 0. The molecule has 0 aliphatic rings. The van der Waals surface area contributed by atoms with Crippen molar-refractivity contribution >= 4 is 22.9 Å². The third-order valence-electron chi connectivity index (χ3n) is 1.32. The molecule has 68 valence electrons. The maximum absolute atomic E-state index is 5.38. The van der Waals surface area contributed by atoms with Crippen LogP contribution in [0.1, 0.15) is 19.5 Å². The van der Waals surface area contributed by atoms with Gasteiger partial charge in [0.2, 0.25) is 0 Å². The van der Waals surface area contributed by atoms with Crippen LogP contribution in [-0.2, 0) is 11.2 Å². The van der Waals surface area contributed by atoms with Crippen molar-refractivity contribution in [1.29, 1.82) is 0 Å². The van der Waals surface area contributed by atoms with Gasteiger partial charge in [-0.1, -0.05) is 5.21 Å². The number of rotatable bonds is 4. The molecule has 0 saturated heterocycles. The van der Waals surface area contributed by atoms with Crippen LogP contribution in [-0.4, -0.2) is 25.9 Å². The molecule has 1 rings (SSSR count). The van der Waals surface area contributed by atoms with Gasteiger partial charge in [0.05, 0.1) is 47.5 Å². The van der Waals surface area contributed by atoms with Crippen LogP contribution in [0.3, 0.4) is 0 Å². The Kier molecular flexibility index (Phi) is 3.93. The van der Waals surface area contributed by atoms with Crippen molar-refractivity contribution in [2.45, 2.75) is 26.4 Å². The molecule has 0 saturated carbocycles. The van der Waals surface area contributed by atoms with Gasteiger partial charge in [-0.3, -0.25) is 0 Å².